The van der Waals surface area contributed by atoms with Crippen molar-refractivity contribution in [2.45, 2.75) is 50.2 Å². The van der Waals surface area contributed by atoms with Gasteiger partial charge in [0.05, 0.1) is 0 Å². The van der Waals surface area contributed by atoms with Crippen molar-refractivity contribution in [1.82, 2.24) is 4.90 Å². The molecule has 15 heavy (non-hydrogen) atoms. The van der Waals surface area contributed by atoms with Crippen LogP contribution in [0.5, 0.6) is 0 Å². The van der Waals surface area contributed by atoms with Crippen LogP contribution in [-0.2, 0) is 14.3 Å². The van der Waals surface area contributed by atoms with Gasteiger partial charge in [0.25, 0.3) is 6.47 Å². The van der Waals surface area contributed by atoms with E-state index in [4.69, 9.17) is 4.74 Å². The van der Waals surface area contributed by atoms with E-state index < -0.39 is 0 Å². The lowest BCUT2D eigenvalue weighted by molar-refractivity contribution is -0.139. The van der Waals surface area contributed by atoms with Crippen LogP contribution >= 0.6 is 0 Å². The molecule has 1 aliphatic carbocycles. The molecule has 0 aromatic carbocycles. The molecule has 0 aromatic heterocycles. The van der Waals surface area contributed by atoms with Gasteiger partial charge in [-0.05, 0) is 25.7 Å². The summed E-state index contributed by atoms with van der Waals surface area (Å²) in [6.07, 6.45) is 5.40. The number of carbonyl (C=O) groups excluding carboxylic acids is 2. The van der Waals surface area contributed by atoms with E-state index in [-0.39, 0.29) is 17.6 Å². The van der Waals surface area contributed by atoms with Gasteiger partial charge in [-0.15, -0.1) is 0 Å². The molecule has 0 N–H and O–H groups in total. The van der Waals surface area contributed by atoms with Crippen molar-refractivity contribution in [3.05, 3.63) is 0 Å². The van der Waals surface area contributed by atoms with Crippen LogP contribution in [0.25, 0.3) is 0 Å². The summed E-state index contributed by atoms with van der Waals surface area (Å²) in [7, 11) is 1.87. The van der Waals surface area contributed by atoms with Crippen LogP contribution in [0.1, 0.15) is 38.5 Å². The Morgan fingerprint density at radius 3 is 2.93 bits per heavy atom. The quantitative estimate of drug-likeness (QED) is 0.642. The Hall–Kier alpha value is -1.06. The monoisotopic (exact) mass is 211 g/mol. The van der Waals surface area contributed by atoms with E-state index in [1.807, 2.05) is 11.9 Å². The predicted octanol–water partition coefficient (Wildman–Crippen LogP) is 1.09. The standard InChI is InChI=1S/C11H17NO3/c1-12-10(14)4-6-11(12)5-2-3-9(7-11)15-8-13/h8-9H,2-7H2,1H3. The summed E-state index contributed by atoms with van der Waals surface area (Å²) in [5, 5.41) is 0. The maximum atomic E-state index is 11.5. The van der Waals surface area contributed by atoms with Crippen molar-refractivity contribution in [2.75, 3.05) is 7.05 Å². The minimum absolute atomic E-state index is 0.00426. The molecule has 1 amide bonds. The van der Waals surface area contributed by atoms with Gasteiger partial charge < -0.3 is 9.64 Å². The summed E-state index contributed by atoms with van der Waals surface area (Å²) >= 11 is 0. The molecule has 1 spiro atoms. The van der Waals surface area contributed by atoms with Gasteiger partial charge in [-0.25, -0.2) is 0 Å². The SMILES string of the molecule is CN1C(=O)CCC12CCCC(OC=O)C2. The molecule has 0 radical (unpaired) electrons. The third-order valence-electron chi connectivity index (χ3n) is 3.91. The summed E-state index contributed by atoms with van der Waals surface area (Å²) < 4.78 is 5.03. The minimum atomic E-state index is -0.0248. The van der Waals surface area contributed by atoms with E-state index in [9.17, 15) is 9.59 Å². The van der Waals surface area contributed by atoms with Crippen LogP contribution in [0.4, 0.5) is 0 Å². The number of rotatable bonds is 2. The molecule has 0 bridgehead atoms. The second-order valence-corrected chi connectivity index (χ2v) is 4.63. The first-order valence-electron chi connectivity index (χ1n) is 5.54. The Labute approximate surface area is 89.6 Å². The van der Waals surface area contributed by atoms with Gasteiger partial charge in [-0.3, -0.25) is 9.59 Å². The number of carbonyl (C=O) groups is 2. The Kier molecular flexibility index (Phi) is 2.67. The van der Waals surface area contributed by atoms with Crippen LogP contribution < -0.4 is 0 Å². The largest absolute Gasteiger partial charge is 0.464 e. The number of amides is 1. The molecular formula is C11H17NO3. The second-order valence-electron chi connectivity index (χ2n) is 4.63. The lowest BCUT2D eigenvalue weighted by Crippen LogP contribution is -2.48. The van der Waals surface area contributed by atoms with Crippen molar-refractivity contribution < 1.29 is 14.3 Å². The molecule has 4 nitrogen and oxygen atoms in total. The number of hydrogen-bond donors (Lipinski definition) is 0. The number of likely N-dealkylation sites (tertiary alicyclic amines) is 1. The van der Waals surface area contributed by atoms with Gasteiger partial charge in [-0.1, -0.05) is 0 Å². The van der Waals surface area contributed by atoms with E-state index in [1.54, 1.807) is 0 Å². The Morgan fingerprint density at radius 1 is 1.53 bits per heavy atom. The van der Waals surface area contributed by atoms with Crippen molar-refractivity contribution in [2.24, 2.45) is 0 Å². The fourth-order valence-corrected chi connectivity index (χ4v) is 2.95. The first-order valence-corrected chi connectivity index (χ1v) is 5.54. The molecule has 1 aliphatic heterocycles. The van der Waals surface area contributed by atoms with E-state index >= 15 is 0 Å². The van der Waals surface area contributed by atoms with Crippen LogP contribution in [0, 0.1) is 0 Å². The van der Waals surface area contributed by atoms with Crippen LogP contribution in [0.3, 0.4) is 0 Å². The Bertz CT molecular complexity index is 279. The average Bonchev–Trinajstić information content (AvgIpc) is 2.49. The summed E-state index contributed by atoms with van der Waals surface area (Å²) in [5.41, 5.74) is -0.0248. The third kappa shape index (κ3) is 1.73. The molecule has 0 aromatic rings. The molecule has 2 rings (SSSR count). The molecule has 2 fully saturated rings. The third-order valence-corrected chi connectivity index (χ3v) is 3.91. The maximum absolute atomic E-state index is 11.5. The van der Waals surface area contributed by atoms with Crippen molar-refractivity contribution in [1.29, 1.82) is 0 Å². The van der Waals surface area contributed by atoms with Crippen molar-refractivity contribution >= 4 is 12.4 Å². The minimum Gasteiger partial charge on any atom is -0.464 e. The van der Waals surface area contributed by atoms with Gasteiger partial charge in [-0.2, -0.15) is 0 Å². The van der Waals surface area contributed by atoms with Crippen molar-refractivity contribution in [3.63, 3.8) is 0 Å². The molecule has 1 saturated heterocycles. The van der Waals surface area contributed by atoms with Gasteiger partial charge in [0.15, 0.2) is 0 Å². The molecule has 1 heterocycles. The molecular weight excluding hydrogens is 194 g/mol. The highest BCUT2D eigenvalue weighted by Crippen LogP contribution is 2.41. The molecule has 2 aliphatic rings. The normalized spacial score (nSPS) is 35.9. The summed E-state index contributed by atoms with van der Waals surface area (Å²) in [5.74, 6) is 0.224. The van der Waals surface area contributed by atoms with E-state index in [1.165, 1.54) is 0 Å². The molecule has 2 unspecified atom stereocenters. The first-order chi connectivity index (χ1) is 7.18. The lowest BCUT2D eigenvalue weighted by atomic mass is 9.78. The van der Waals surface area contributed by atoms with Gasteiger partial charge >= 0.3 is 0 Å². The zero-order chi connectivity index (χ0) is 10.9. The summed E-state index contributed by atoms with van der Waals surface area (Å²) in [6.45, 7) is 0.528. The van der Waals surface area contributed by atoms with Gasteiger partial charge in [0.2, 0.25) is 5.91 Å². The average molecular weight is 211 g/mol. The lowest BCUT2D eigenvalue weighted by Gasteiger charge is -2.42. The summed E-state index contributed by atoms with van der Waals surface area (Å²) in [4.78, 5) is 23.7. The Morgan fingerprint density at radius 2 is 2.33 bits per heavy atom. The van der Waals surface area contributed by atoms with E-state index in [0.717, 1.165) is 32.1 Å². The first kappa shape index (κ1) is 10.5. The van der Waals surface area contributed by atoms with Gasteiger partial charge in [0.1, 0.15) is 6.10 Å². The molecule has 2 atom stereocenters. The molecule has 84 valence electrons. The zero-order valence-electron chi connectivity index (χ0n) is 9.07. The van der Waals surface area contributed by atoms with Crippen LogP contribution in [0.15, 0.2) is 0 Å². The van der Waals surface area contributed by atoms with E-state index in [0.29, 0.717) is 12.9 Å². The molecule has 1 saturated carbocycles. The van der Waals surface area contributed by atoms with Crippen LogP contribution in [-0.4, -0.2) is 36.0 Å². The predicted molar refractivity (Wildman–Crippen MR) is 54.1 cm³/mol. The fraction of sp³-hybridized carbons (Fsp3) is 0.818. The van der Waals surface area contributed by atoms with Crippen LogP contribution in [0.2, 0.25) is 0 Å². The van der Waals surface area contributed by atoms with Gasteiger partial charge in [0, 0.05) is 25.4 Å². The highest BCUT2D eigenvalue weighted by molar-refractivity contribution is 5.79. The maximum Gasteiger partial charge on any atom is 0.293 e. The van der Waals surface area contributed by atoms with Crippen molar-refractivity contribution in [3.8, 4) is 0 Å². The second kappa shape index (κ2) is 3.83. The zero-order valence-corrected chi connectivity index (χ0v) is 9.07. The number of nitrogens with zero attached hydrogens (tertiary/aromatic N) is 1. The summed E-state index contributed by atoms with van der Waals surface area (Å²) in [6, 6.07) is 0. The smallest absolute Gasteiger partial charge is 0.293 e. The van der Waals surface area contributed by atoms with E-state index in [2.05, 4.69) is 0 Å². The highest BCUT2D eigenvalue weighted by atomic mass is 16.5. The topological polar surface area (TPSA) is 46.6 Å². The number of ether oxygens (including phenoxy) is 1. The highest BCUT2D eigenvalue weighted by Gasteiger charge is 2.46. The Balaban J connectivity index is 2.08. The molecule has 4 heteroatoms. The fourth-order valence-electron chi connectivity index (χ4n) is 2.95. The number of hydrogen-bond acceptors (Lipinski definition) is 3.